The fourth-order valence-corrected chi connectivity index (χ4v) is 1.57. The van der Waals surface area contributed by atoms with Gasteiger partial charge < -0.3 is 20.7 Å². The van der Waals surface area contributed by atoms with E-state index in [0.717, 1.165) is 11.5 Å². The minimum absolute atomic E-state index is 0.0895. The molecule has 1 aromatic rings. The summed E-state index contributed by atoms with van der Waals surface area (Å²) in [6, 6.07) is 0. The number of nitrogens with two attached hydrogens (primary N) is 1. The van der Waals surface area contributed by atoms with Crippen molar-refractivity contribution in [2.24, 2.45) is 0 Å². The molecule has 0 saturated carbocycles. The Morgan fingerprint density at radius 2 is 2.44 bits per heavy atom. The molecule has 3 N–H and O–H groups in total. The van der Waals surface area contributed by atoms with Crippen LogP contribution in [0.1, 0.15) is 0 Å². The molecular weight excluding hydrogens is 230 g/mol. The van der Waals surface area contributed by atoms with Crippen molar-refractivity contribution in [3.63, 3.8) is 0 Å². The van der Waals surface area contributed by atoms with Crippen LogP contribution in [0.15, 0.2) is 0 Å². The van der Waals surface area contributed by atoms with Gasteiger partial charge in [0.15, 0.2) is 0 Å². The van der Waals surface area contributed by atoms with Gasteiger partial charge in [-0.05, 0) is 0 Å². The van der Waals surface area contributed by atoms with Crippen LogP contribution in [-0.2, 0) is 9.53 Å². The van der Waals surface area contributed by atoms with E-state index >= 15 is 0 Å². The van der Waals surface area contributed by atoms with Crippen LogP contribution in [0.25, 0.3) is 0 Å². The summed E-state index contributed by atoms with van der Waals surface area (Å²) in [6.07, 6.45) is 0. The smallest absolute Gasteiger partial charge is 0.239 e. The van der Waals surface area contributed by atoms with Crippen molar-refractivity contribution in [3.8, 4) is 0 Å². The quantitative estimate of drug-likeness (QED) is 0.645. The third-order valence-electron chi connectivity index (χ3n) is 1.77. The van der Waals surface area contributed by atoms with Gasteiger partial charge in [0.05, 0.1) is 13.2 Å². The number of methoxy groups -OCH3 is 1. The summed E-state index contributed by atoms with van der Waals surface area (Å²) in [4.78, 5) is 17.1. The van der Waals surface area contributed by atoms with Gasteiger partial charge in [0.25, 0.3) is 0 Å². The first kappa shape index (κ1) is 12.7. The average molecular weight is 245 g/mol. The Labute approximate surface area is 97.8 Å². The summed E-state index contributed by atoms with van der Waals surface area (Å²) < 4.78 is 8.66. The summed E-state index contributed by atoms with van der Waals surface area (Å²) in [5.41, 5.74) is 5.39. The van der Waals surface area contributed by atoms with Crippen molar-refractivity contribution in [2.45, 2.75) is 0 Å². The largest absolute Gasteiger partial charge is 0.383 e. The molecule has 0 unspecified atom stereocenters. The molecule has 0 saturated heterocycles. The molecule has 7 nitrogen and oxygen atoms in total. The van der Waals surface area contributed by atoms with Gasteiger partial charge in [-0.1, -0.05) is 0 Å². The van der Waals surface area contributed by atoms with Crippen LogP contribution >= 0.6 is 11.5 Å². The molecular formula is C8H15N5O2S. The Morgan fingerprint density at radius 3 is 3.00 bits per heavy atom. The van der Waals surface area contributed by atoms with Crippen LogP contribution < -0.4 is 16.0 Å². The molecule has 90 valence electrons. The molecule has 0 atom stereocenters. The van der Waals surface area contributed by atoms with Crippen LogP contribution in [0.5, 0.6) is 0 Å². The standard InChI is InChI=1S/C8H15N5O2S/c1-13(8-11-7(9)12-16-8)5-6(14)10-3-4-15-2/h3-5H2,1-2H3,(H2,9,12)(H,10,14). The summed E-state index contributed by atoms with van der Waals surface area (Å²) in [7, 11) is 3.35. The fourth-order valence-electron chi connectivity index (χ4n) is 1.01. The van der Waals surface area contributed by atoms with E-state index < -0.39 is 0 Å². The van der Waals surface area contributed by atoms with Gasteiger partial charge in [0.2, 0.25) is 17.0 Å². The number of anilines is 2. The lowest BCUT2D eigenvalue weighted by Crippen LogP contribution is -2.36. The zero-order valence-corrected chi connectivity index (χ0v) is 10.1. The number of hydrogen-bond acceptors (Lipinski definition) is 7. The number of nitrogen functional groups attached to an aromatic ring is 1. The molecule has 1 aromatic heterocycles. The lowest BCUT2D eigenvalue weighted by molar-refractivity contribution is -0.119. The van der Waals surface area contributed by atoms with E-state index in [4.69, 9.17) is 10.5 Å². The number of nitrogens with zero attached hydrogens (tertiary/aromatic N) is 3. The molecule has 0 fully saturated rings. The molecule has 0 bridgehead atoms. The first-order valence-electron chi connectivity index (χ1n) is 4.69. The van der Waals surface area contributed by atoms with Gasteiger partial charge in [0.1, 0.15) is 0 Å². The van der Waals surface area contributed by atoms with Crippen molar-refractivity contribution in [3.05, 3.63) is 0 Å². The molecule has 0 aromatic carbocycles. The minimum atomic E-state index is -0.0895. The summed E-state index contributed by atoms with van der Waals surface area (Å²) in [6.45, 7) is 1.22. The maximum Gasteiger partial charge on any atom is 0.239 e. The molecule has 1 amide bonds. The summed E-state index contributed by atoms with van der Waals surface area (Å²) in [5.74, 6) is 0.139. The number of nitrogens with one attached hydrogen (secondary N) is 1. The SMILES string of the molecule is COCCNC(=O)CN(C)c1nc(N)ns1. The van der Waals surface area contributed by atoms with E-state index in [-0.39, 0.29) is 18.4 Å². The third-order valence-corrected chi connectivity index (χ3v) is 2.61. The lowest BCUT2D eigenvalue weighted by Gasteiger charge is -2.14. The van der Waals surface area contributed by atoms with Gasteiger partial charge in [-0.25, -0.2) is 0 Å². The predicted molar refractivity (Wildman–Crippen MR) is 62.5 cm³/mol. The Bertz CT molecular complexity index is 343. The number of hydrogen-bond donors (Lipinski definition) is 2. The molecule has 0 spiro atoms. The molecule has 0 radical (unpaired) electrons. The third kappa shape index (κ3) is 3.99. The van der Waals surface area contributed by atoms with Crippen LogP contribution in [-0.4, -0.2) is 49.1 Å². The van der Waals surface area contributed by atoms with E-state index in [0.29, 0.717) is 18.3 Å². The first-order valence-corrected chi connectivity index (χ1v) is 5.46. The predicted octanol–water partition coefficient (Wildman–Crippen LogP) is -0.681. The van der Waals surface area contributed by atoms with Crippen molar-refractivity contribution >= 4 is 28.5 Å². The maximum absolute atomic E-state index is 11.4. The number of likely N-dealkylation sites (N-methyl/N-ethyl adjacent to an activating group) is 1. The zero-order chi connectivity index (χ0) is 12.0. The van der Waals surface area contributed by atoms with Gasteiger partial charge in [-0.2, -0.15) is 9.36 Å². The molecule has 0 aliphatic rings. The number of aromatic nitrogens is 2. The van der Waals surface area contributed by atoms with E-state index in [2.05, 4.69) is 14.7 Å². The highest BCUT2D eigenvalue weighted by molar-refractivity contribution is 7.09. The molecule has 16 heavy (non-hydrogen) atoms. The van der Waals surface area contributed by atoms with E-state index in [1.54, 1.807) is 19.1 Å². The highest BCUT2D eigenvalue weighted by atomic mass is 32.1. The molecule has 8 heteroatoms. The van der Waals surface area contributed by atoms with Gasteiger partial charge in [0, 0.05) is 32.2 Å². The normalized spacial score (nSPS) is 10.1. The second kappa shape index (κ2) is 6.23. The number of rotatable bonds is 6. The zero-order valence-electron chi connectivity index (χ0n) is 9.27. The van der Waals surface area contributed by atoms with Crippen LogP contribution in [0.4, 0.5) is 11.1 Å². The monoisotopic (exact) mass is 245 g/mol. The van der Waals surface area contributed by atoms with Gasteiger partial charge in [-0.15, -0.1) is 0 Å². The van der Waals surface area contributed by atoms with Crippen LogP contribution in [0.3, 0.4) is 0 Å². The van der Waals surface area contributed by atoms with Crippen LogP contribution in [0, 0.1) is 0 Å². The summed E-state index contributed by atoms with van der Waals surface area (Å²) >= 11 is 1.16. The Balaban J connectivity index is 2.33. The first-order chi connectivity index (χ1) is 7.63. The maximum atomic E-state index is 11.4. The highest BCUT2D eigenvalue weighted by Gasteiger charge is 2.10. The van der Waals surface area contributed by atoms with E-state index in [9.17, 15) is 4.79 Å². The van der Waals surface area contributed by atoms with Crippen molar-refractivity contribution < 1.29 is 9.53 Å². The number of ether oxygens (including phenoxy) is 1. The van der Waals surface area contributed by atoms with E-state index in [1.165, 1.54) is 0 Å². The van der Waals surface area contributed by atoms with Crippen molar-refractivity contribution in [2.75, 3.05) is 44.5 Å². The van der Waals surface area contributed by atoms with E-state index in [1.807, 2.05) is 0 Å². The molecule has 0 aliphatic carbocycles. The average Bonchev–Trinajstić information content (AvgIpc) is 2.65. The van der Waals surface area contributed by atoms with Gasteiger partial charge >= 0.3 is 0 Å². The minimum Gasteiger partial charge on any atom is -0.383 e. The topological polar surface area (TPSA) is 93.4 Å². The fraction of sp³-hybridized carbons (Fsp3) is 0.625. The number of carbonyl (C=O) groups excluding carboxylic acids is 1. The van der Waals surface area contributed by atoms with Crippen LogP contribution in [0.2, 0.25) is 0 Å². The number of amides is 1. The van der Waals surface area contributed by atoms with Crippen molar-refractivity contribution in [1.82, 2.24) is 14.7 Å². The lowest BCUT2D eigenvalue weighted by atomic mass is 10.5. The van der Waals surface area contributed by atoms with Gasteiger partial charge in [-0.3, -0.25) is 4.79 Å². The molecule has 1 heterocycles. The number of carbonyl (C=O) groups is 1. The highest BCUT2D eigenvalue weighted by Crippen LogP contribution is 2.15. The Kier molecular flexibility index (Phi) is 4.93. The molecule has 0 aliphatic heterocycles. The Hall–Kier alpha value is -1.41. The second-order valence-corrected chi connectivity index (χ2v) is 3.86. The van der Waals surface area contributed by atoms with Crippen molar-refractivity contribution in [1.29, 1.82) is 0 Å². The second-order valence-electron chi connectivity index (χ2n) is 3.13. The summed E-state index contributed by atoms with van der Waals surface area (Å²) in [5, 5.41) is 3.34. The Morgan fingerprint density at radius 1 is 1.69 bits per heavy atom. The molecule has 1 rings (SSSR count).